The van der Waals surface area contributed by atoms with Crippen molar-refractivity contribution >= 4 is 62.1 Å². The van der Waals surface area contributed by atoms with Gasteiger partial charge in [0.25, 0.3) is 0 Å². The molecule has 2 saturated heterocycles. The Bertz CT molecular complexity index is 2650. The van der Waals surface area contributed by atoms with Crippen LogP contribution in [0, 0.1) is 0 Å². The second-order valence-electron chi connectivity index (χ2n) is 13.8. The fourth-order valence-corrected chi connectivity index (χ4v) is 8.59. The van der Waals surface area contributed by atoms with Gasteiger partial charge in [0.15, 0.2) is 22.9 Å². The maximum atomic E-state index is 11.9. The molecule has 2 unspecified atom stereocenters. The number of amides is 1. The minimum atomic E-state index is -0.252. The van der Waals surface area contributed by atoms with Crippen LogP contribution in [0.25, 0.3) is 33.8 Å². The number of aryl methyl sites for hydroxylation is 2. The van der Waals surface area contributed by atoms with Crippen molar-refractivity contribution in [2.75, 3.05) is 43.4 Å². The number of carbonyl (C=O) groups excluding carboxylic acids is 1. The normalized spacial score (nSPS) is 16.6. The molecule has 0 bridgehead atoms. The molecule has 0 aromatic carbocycles. The molecule has 20 heteroatoms. The van der Waals surface area contributed by atoms with Gasteiger partial charge in [-0.05, 0) is 61.5 Å². The van der Waals surface area contributed by atoms with Gasteiger partial charge in [0.2, 0.25) is 0 Å². The Kier molecular flexibility index (Phi) is 10.0. The van der Waals surface area contributed by atoms with Crippen molar-refractivity contribution in [3.05, 3.63) is 85.5 Å². The third-order valence-corrected chi connectivity index (χ3v) is 11.4. The molecule has 1 amide bonds. The van der Waals surface area contributed by atoms with Crippen LogP contribution in [-0.2, 0) is 18.8 Å². The zero-order valence-corrected chi connectivity index (χ0v) is 33.1. The van der Waals surface area contributed by atoms with Crippen LogP contribution in [0.1, 0.15) is 43.0 Å². The molecule has 10 rings (SSSR count). The Morgan fingerprint density at radius 2 is 1.39 bits per heavy atom. The molecule has 2 fully saturated rings. The Hall–Kier alpha value is -6.25. The van der Waals surface area contributed by atoms with Crippen molar-refractivity contribution in [1.29, 1.82) is 0 Å². The number of imidazole rings is 2. The number of nitrogens with zero attached hydrogens (tertiary/aromatic N) is 13. The highest BCUT2D eigenvalue weighted by molar-refractivity contribution is 7.10. The van der Waals surface area contributed by atoms with E-state index in [4.69, 9.17) is 4.74 Å². The van der Waals surface area contributed by atoms with E-state index in [-0.39, 0.29) is 12.0 Å². The molecule has 292 valence electrons. The van der Waals surface area contributed by atoms with Crippen molar-refractivity contribution in [2.45, 2.75) is 31.6 Å². The van der Waals surface area contributed by atoms with E-state index in [1.54, 1.807) is 26.7 Å². The number of fused-ring (bicyclic) bond motifs is 2. The van der Waals surface area contributed by atoms with Crippen LogP contribution in [0.15, 0.2) is 74.1 Å². The highest BCUT2D eigenvalue weighted by Gasteiger charge is 2.30. The molecule has 2 aliphatic heterocycles. The Morgan fingerprint density at radius 1 is 0.807 bits per heavy atom. The van der Waals surface area contributed by atoms with Crippen LogP contribution in [0.3, 0.4) is 0 Å². The van der Waals surface area contributed by atoms with Crippen LogP contribution in [-0.4, -0.2) is 101 Å². The van der Waals surface area contributed by atoms with Crippen molar-refractivity contribution in [3.8, 4) is 22.5 Å². The quantitative estimate of drug-likeness (QED) is 0.162. The number of anilines is 4. The van der Waals surface area contributed by atoms with Gasteiger partial charge in [-0.15, -0.1) is 0 Å². The Morgan fingerprint density at radius 3 is 1.89 bits per heavy atom. The van der Waals surface area contributed by atoms with E-state index in [0.717, 1.165) is 86.9 Å². The van der Waals surface area contributed by atoms with E-state index in [1.165, 1.54) is 23.1 Å². The number of rotatable bonds is 9. The van der Waals surface area contributed by atoms with Gasteiger partial charge in [-0.25, -0.2) is 24.7 Å². The molecular formula is C37H40N16O2S2. The number of likely N-dealkylation sites (tertiary alicyclic amines) is 1. The standard InChI is InChI=1S/C20H22N8O2S.C17H18N8S/c1-3-30-20(29)27-6-4-13(12-27)15-8-17(31-25-15)24-18-19-22-10-16(28(19)7-5-21-18)14-9-23-26(2)11-14;1-24-10-12(8-21-24)14-9-20-17-16(19-4-5-25(14)17)22-15-6-13(23-26-15)11-2-3-18-7-11/h5,7-11,13H,3-4,6,12H2,1-2H3,(H,21,24);4-6,8-11,18H,2-3,7H2,1H3,(H,19,22). The Balaban J connectivity index is 0.000000150. The molecule has 2 aliphatic rings. The summed E-state index contributed by atoms with van der Waals surface area (Å²) in [6, 6.07) is 4.15. The number of hydrogen-bond donors (Lipinski definition) is 3. The monoisotopic (exact) mass is 804 g/mol. The first-order chi connectivity index (χ1) is 27.9. The van der Waals surface area contributed by atoms with Gasteiger partial charge in [0, 0.05) is 93.9 Å². The number of nitrogens with one attached hydrogen (secondary N) is 3. The van der Waals surface area contributed by atoms with Gasteiger partial charge >= 0.3 is 6.09 Å². The lowest BCUT2D eigenvalue weighted by molar-refractivity contribution is 0.115. The van der Waals surface area contributed by atoms with E-state index < -0.39 is 0 Å². The second-order valence-corrected chi connectivity index (χ2v) is 15.4. The summed E-state index contributed by atoms with van der Waals surface area (Å²) < 4.78 is 21.9. The average molecular weight is 805 g/mol. The van der Waals surface area contributed by atoms with Crippen LogP contribution in [0.4, 0.5) is 26.4 Å². The average Bonchev–Trinajstić information content (AvgIpc) is 4.04. The van der Waals surface area contributed by atoms with Gasteiger partial charge in [0.1, 0.15) is 10.0 Å². The molecule has 0 spiro atoms. The van der Waals surface area contributed by atoms with Gasteiger partial charge in [0.05, 0.1) is 54.2 Å². The predicted octanol–water partition coefficient (Wildman–Crippen LogP) is 5.68. The van der Waals surface area contributed by atoms with Crippen molar-refractivity contribution < 1.29 is 9.53 Å². The molecule has 10 heterocycles. The first kappa shape index (κ1) is 36.4. The lowest BCUT2D eigenvalue weighted by atomic mass is 10.1. The molecule has 0 saturated carbocycles. The fourth-order valence-electron chi connectivity index (χ4n) is 7.15. The molecule has 18 nitrogen and oxygen atoms in total. The largest absolute Gasteiger partial charge is 0.450 e. The molecule has 0 aliphatic carbocycles. The van der Waals surface area contributed by atoms with Gasteiger partial charge in [-0.1, -0.05) is 0 Å². The molecule has 0 radical (unpaired) electrons. The lowest BCUT2D eigenvalue weighted by Gasteiger charge is -2.14. The maximum absolute atomic E-state index is 11.9. The smallest absolute Gasteiger partial charge is 0.409 e. The highest BCUT2D eigenvalue weighted by Crippen LogP contribution is 2.33. The van der Waals surface area contributed by atoms with Gasteiger partial charge < -0.3 is 25.6 Å². The maximum Gasteiger partial charge on any atom is 0.409 e. The lowest BCUT2D eigenvalue weighted by Crippen LogP contribution is -2.29. The molecule has 3 N–H and O–H groups in total. The van der Waals surface area contributed by atoms with Crippen molar-refractivity contribution in [3.63, 3.8) is 0 Å². The third-order valence-electron chi connectivity index (χ3n) is 10.0. The zero-order valence-electron chi connectivity index (χ0n) is 31.5. The summed E-state index contributed by atoms with van der Waals surface area (Å²) in [5.74, 6) is 2.10. The Labute approximate surface area is 334 Å². The molecule has 57 heavy (non-hydrogen) atoms. The van der Waals surface area contributed by atoms with E-state index >= 15 is 0 Å². The summed E-state index contributed by atoms with van der Waals surface area (Å²) >= 11 is 2.85. The van der Waals surface area contributed by atoms with Gasteiger partial charge in [-0.3, -0.25) is 18.2 Å². The molecular weight excluding hydrogens is 765 g/mol. The molecule has 2 atom stereocenters. The number of ether oxygens (including phenoxy) is 1. The summed E-state index contributed by atoms with van der Waals surface area (Å²) in [6.45, 7) is 5.60. The van der Waals surface area contributed by atoms with E-state index in [9.17, 15) is 4.79 Å². The SMILES string of the molecule is CCOC(=O)N1CCC(c2cc(Nc3nccn4c(-c5cnn(C)c5)cnc34)sn2)C1.Cn1cc(-c2cnc3c(Nc4cc(C5CCNC5)ns4)nccn23)cn1. The number of hydrogen-bond acceptors (Lipinski definition) is 15. The van der Waals surface area contributed by atoms with Crippen molar-refractivity contribution in [2.24, 2.45) is 14.1 Å². The second kappa shape index (κ2) is 15.7. The van der Waals surface area contributed by atoms with Crippen molar-refractivity contribution in [1.82, 2.24) is 67.3 Å². The number of aromatic nitrogens is 12. The summed E-state index contributed by atoms with van der Waals surface area (Å²) in [6.07, 6.45) is 20.3. The summed E-state index contributed by atoms with van der Waals surface area (Å²) in [5, 5.41) is 20.5. The van der Waals surface area contributed by atoms with E-state index in [1.807, 2.05) is 85.5 Å². The fraction of sp³-hybridized carbons (Fsp3) is 0.324. The first-order valence-corrected chi connectivity index (χ1v) is 20.2. The van der Waals surface area contributed by atoms with Crippen LogP contribution >= 0.6 is 23.1 Å². The minimum Gasteiger partial charge on any atom is -0.450 e. The van der Waals surface area contributed by atoms with E-state index in [0.29, 0.717) is 31.4 Å². The van der Waals surface area contributed by atoms with Crippen LogP contribution in [0.5, 0.6) is 0 Å². The summed E-state index contributed by atoms with van der Waals surface area (Å²) in [7, 11) is 3.79. The topological polar surface area (TPSA) is 187 Å². The number of carbonyl (C=O) groups is 1. The molecule has 8 aromatic rings. The van der Waals surface area contributed by atoms with E-state index in [2.05, 4.69) is 60.9 Å². The van der Waals surface area contributed by atoms with Crippen LogP contribution in [0.2, 0.25) is 0 Å². The first-order valence-electron chi connectivity index (χ1n) is 18.6. The zero-order chi connectivity index (χ0) is 38.9. The van der Waals surface area contributed by atoms with Gasteiger partial charge in [-0.2, -0.15) is 18.9 Å². The molecule has 8 aromatic heterocycles. The summed E-state index contributed by atoms with van der Waals surface area (Å²) in [5.41, 5.74) is 7.57. The highest BCUT2D eigenvalue weighted by atomic mass is 32.1. The summed E-state index contributed by atoms with van der Waals surface area (Å²) in [4.78, 5) is 31.8. The third kappa shape index (κ3) is 7.53. The minimum absolute atomic E-state index is 0.212. The van der Waals surface area contributed by atoms with Crippen LogP contribution < -0.4 is 16.0 Å². The predicted molar refractivity (Wildman–Crippen MR) is 217 cm³/mol.